The molecule has 0 bridgehead atoms. The summed E-state index contributed by atoms with van der Waals surface area (Å²) in [5, 5.41) is 9.34. The van der Waals surface area contributed by atoms with Gasteiger partial charge in [-0.3, -0.25) is 9.59 Å². The maximum Gasteiger partial charge on any atom is 0.243 e. The third-order valence-electron chi connectivity index (χ3n) is 5.40. The van der Waals surface area contributed by atoms with E-state index in [0.717, 1.165) is 5.56 Å². The number of fused-ring (bicyclic) bond motifs is 1. The fraction of sp³-hybridized carbons (Fsp3) is 0.417. The molecule has 0 saturated heterocycles. The predicted octanol–water partition coefficient (Wildman–Crippen LogP) is 3.11. The van der Waals surface area contributed by atoms with Gasteiger partial charge in [0.05, 0.1) is 12.1 Å². The zero-order valence-electron chi connectivity index (χ0n) is 17.4. The van der Waals surface area contributed by atoms with Crippen molar-refractivity contribution in [1.29, 1.82) is 0 Å². The van der Waals surface area contributed by atoms with Crippen molar-refractivity contribution in [3.63, 3.8) is 0 Å². The highest BCUT2D eigenvalue weighted by Crippen LogP contribution is 2.17. The summed E-state index contributed by atoms with van der Waals surface area (Å²) in [4.78, 5) is 25.8. The molecule has 2 amide bonds. The van der Waals surface area contributed by atoms with Crippen molar-refractivity contribution in [2.45, 2.75) is 58.3 Å². The third kappa shape index (κ3) is 5.67. The van der Waals surface area contributed by atoms with Gasteiger partial charge in [-0.05, 0) is 42.4 Å². The van der Waals surface area contributed by atoms with Gasteiger partial charge in [0.25, 0.3) is 0 Å². The van der Waals surface area contributed by atoms with Gasteiger partial charge in [-0.1, -0.05) is 68.4 Å². The second-order valence-electron chi connectivity index (χ2n) is 8.24. The Morgan fingerprint density at radius 1 is 0.966 bits per heavy atom. The number of hydrogen-bond acceptors (Lipinski definition) is 3. The molecule has 0 saturated carbocycles. The van der Waals surface area contributed by atoms with E-state index in [0.29, 0.717) is 19.4 Å². The van der Waals surface area contributed by atoms with E-state index in [9.17, 15) is 9.59 Å². The summed E-state index contributed by atoms with van der Waals surface area (Å²) in [7, 11) is 0. The van der Waals surface area contributed by atoms with Gasteiger partial charge < -0.3 is 16.0 Å². The van der Waals surface area contributed by atoms with Crippen LogP contribution in [0.1, 0.15) is 49.9 Å². The topological polar surface area (TPSA) is 70.2 Å². The maximum absolute atomic E-state index is 12.9. The quantitative estimate of drug-likeness (QED) is 0.677. The van der Waals surface area contributed by atoms with Gasteiger partial charge in [0, 0.05) is 6.54 Å². The molecule has 3 atom stereocenters. The first-order valence-electron chi connectivity index (χ1n) is 10.4. The van der Waals surface area contributed by atoms with Crippen molar-refractivity contribution in [2.24, 2.45) is 5.92 Å². The molecule has 0 aliphatic carbocycles. The first kappa shape index (κ1) is 21.1. The number of benzene rings is 2. The molecule has 154 valence electrons. The monoisotopic (exact) mass is 393 g/mol. The van der Waals surface area contributed by atoms with Gasteiger partial charge >= 0.3 is 0 Å². The van der Waals surface area contributed by atoms with Crippen molar-refractivity contribution >= 4 is 11.8 Å². The Hall–Kier alpha value is -2.66. The number of amides is 2. The third-order valence-corrected chi connectivity index (χ3v) is 5.40. The highest BCUT2D eigenvalue weighted by Gasteiger charge is 2.29. The van der Waals surface area contributed by atoms with Crippen molar-refractivity contribution in [3.05, 3.63) is 71.3 Å². The van der Waals surface area contributed by atoms with E-state index in [1.807, 2.05) is 49.4 Å². The second-order valence-corrected chi connectivity index (χ2v) is 8.24. The predicted molar refractivity (Wildman–Crippen MR) is 115 cm³/mol. The Bertz CT molecular complexity index is 835. The molecule has 2 aromatic rings. The van der Waals surface area contributed by atoms with E-state index >= 15 is 0 Å². The lowest BCUT2D eigenvalue weighted by Crippen LogP contribution is -2.54. The zero-order valence-corrected chi connectivity index (χ0v) is 17.4. The molecule has 5 heteroatoms. The molecule has 29 heavy (non-hydrogen) atoms. The fourth-order valence-electron chi connectivity index (χ4n) is 3.75. The van der Waals surface area contributed by atoms with Crippen LogP contribution in [0.25, 0.3) is 0 Å². The number of rotatable bonds is 7. The molecule has 5 nitrogen and oxygen atoms in total. The lowest BCUT2D eigenvalue weighted by Gasteiger charge is -2.28. The van der Waals surface area contributed by atoms with Gasteiger partial charge in [0.15, 0.2) is 0 Å². The smallest absolute Gasteiger partial charge is 0.243 e. The molecule has 1 aliphatic heterocycles. The van der Waals surface area contributed by atoms with E-state index < -0.39 is 6.04 Å². The Labute approximate surface area is 173 Å². The molecule has 3 rings (SSSR count). The SMILES string of the molecule is CC(C)C[C@H](NC(=O)[C@@H]1Cc2ccccc2CN1)C(=O)N[C@@H](C)c1ccccc1. The van der Waals surface area contributed by atoms with Gasteiger partial charge in [-0.2, -0.15) is 0 Å². The second kappa shape index (κ2) is 9.70. The Morgan fingerprint density at radius 2 is 1.62 bits per heavy atom. The Morgan fingerprint density at radius 3 is 2.31 bits per heavy atom. The van der Waals surface area contributed by atoms with Gasteiger partial charge in [-0.15, -0.1) is 0 Å². The van der Waals surface area contributed by atoms with Crippen LogP contribution in [-0.4, -0.2) is 23.9 Å². The highest BCUT2D eigenvalue weighted by molar-refractivity contribution is 5.90. The lowest BCUT2D eigenvalue weighted by molar-refractivity contribution is -0.130. The molecule has 2 aromatic carbocycles. The van der Waals surface area contributed by atoms with Gasteiger partial charge in [0.1, 0.15) is 6.04 Å². The maximum atomic E-state index is 12.9. The molecule has 0 aromatic heterocycles. The minimum atomic E-state index is -0.548. The summed E-state index contributed by atoms with van der Waals surface area (Å²) in [5.41, 5.74) is 3.46. The normalized spacial score (nSPS) is 17.9. The Balaban J connectivity index is 1.64. The van der Waals surface area contributed by atoms with Crippen molar-refractivity contribution in [3.8, 4) is 0 Å². The van der Waals surface area contributed by atoms with Crippen LogP contribution in [0.15, 0.2) is 54.6 Å². The molecular formula is C24H31N3O2. The molecule has 0 fully saturated rings. The van der Waals surface area contributed by atoms with E-state index in [1.165, 1.54) is 11.1 Å². The average molecular weight is 394 g/mol. The van der Waals surface area contributed by atoms with E-state index in [4.69, 9.17) is 0 Å². The number of nitrogens with one attached hydrogen (secondary N) is 3. The Kier molecular flexibility index (Phi) is 7.04. The molecule has 0 radical (unpaired) electrons. The summed E-state index contributed by atoms with van der Waals surface area (Å²) in [5.74, 6) is 0.0328. The van der Waals surface area contributed by atoms with Crippen molar-refractivity contribution in [2.75, 3.05) is 0 Å². The fourth-order valence-corrected chi connectivity index (χ4v) is 3.75. The summed E-state index contributed by atoms with van der Waals surface area (Å²) >= 11 is 0. The van der Waals surface area contributed by atoms with Crippen LogP contribution >= 0.6 is 0 Å². The van der Waals surface area contributed by atoms with Crippen LogP contribution in [0.4, 0.5) is 0 Å². The zero-order chi connectivity index (χ0) is 20.8. The molecular weight excluding hydrogens is 362 g/mol. The summed E-state index contributed by atoms with van der Waals surface area (Å²) in [6.07, 6.45) is 1.24. The summed E-state index contributed by atoms with van der Waals surface area (Å²) in [6.45, 7) is 6.74. The largest absolute Gasteiger partial charge is 0.348 e. The van der Waals surface area contributed by atoms with E-state index in [-0.39, 0.29) is 29.8 Å². The lowest BCUT2D eigenvalue weighted by atomic mass is 9.95. The molecule has 0 unspecified atom stereocenters. The number of hydrogen-bond donors (Lipinski definition) is 3. The first-order chi connectivity index (χ1) is 13.9. The number of carbonyl (C=O) groups is 2. The van der Waals surface area contributed by atoms with Crippen LogP contribution in [-0.2, 0) is 22.6 Å². The van der Waals surface area contributed by atoms with E-state index in [1.54, 1.807) is 0 Å². The van der Waals surface area contributed by atoms with E-state index in [2.05, 4.69) is 41.9 Å². The van der Waals surface area contributed by atoms with Crippen molar-refractivity contribution in [1.82, 2.24) is 16.0 Å². The highest BCUT2D eigenvalue weighted by atomic mass is 16.2. The van der Waals surface area contributed by atoms with Gasteiger partial charge in [0.2, 0.25) is 11.8 Å². The summed E-state index contributed by atoms with van der Waals surface area (Å²) in [6, 6.07) is 17.0. The van der Waals surface area contributed by atoms with Crippen LogP contribution in [0.3, 0.4) is 0 Å². The standard InChI is InChI=1S/C24H31N3O2/c1-16(2)13-22(24(29)26-17(3)18-9-5-4-6-10-18)27-23(28)21-14-19-11-7-8-12-20(19)15-25-21/h4-12,16-17,21-22,25H,13-15H2,1-3H3,(H,26,29)(H,27,28)/t17-,21-,22-/m0/s1. The van der Waals surface area contributed by atoms with Crippen molar-refractivity contribution < 1.29 is 9.59 Å². The van der Waals surface area contributed by atoms with Gasteiger partial charge in [-0.25, -0.2) is 0 Å². The minimum absolute atomic E-state index is 0.116. The molecule has 1 aliphatic rings. The average Bonchev–Trinajstić information content (AvgIpc) is 2.73. The minimum Gasteiger partial charge on any atom is -0.348 e. The van der Waals surface area contributed by atoms with Crippen LogP contribution in [0.5, 0.6) is 0 Å². The van der Waals surface area contributed by atoms with Crippen LogP contribution in [0.2, 0.25) is 0 Å². The molecule has 0 spiro atoms. The molecule has 3 N–H and O–H groups in total. The van der Waals surface area contributed by atoms with Crippen LogP contribution < -0.4 is 16.0 Å². The number of carbonyl (C=O) groups excluding carboxylic acids is 2. The molecule has 1 heterocycles. The first-order valence-corrected chi connectivity index (χ1v) is 10.4. The van der Waals surface area contributed by atoms with Crippen LogP contribution in [0, 0.1) is 5.92 Å². The summed E-state index contributed by atoms with van der Waals surface area (Å²) < 4.78 is 0.